The summed E-state index contributed by atoms with van der Waals surface area (Å²) >= 11 is 0. The second-order valence-electron chi connectivity index (χ2n) is 9.42. The van der Waals surface area contributed by atoms with Gasteiger partial charge < -0.3 is 14.2 Å². The van der Waals surface area contributed by atoms with E-state index in [2.05, 4.69) is 48.1 Å². The molecule has 1 saturated carbocycles. The summed E-state index contributed by atoms with van der Waals surface area (Å²) in [7, 11) is 2.06. The Kier molecular flexibility index (Phi) is 6.32. The number of amides is 1. The van der Waals surface area contributed by atoms with E-state index < -0.39 is 6.10 Å². The van der Waals surface area contributed by atoms with E-state index in [9.17, 15) is 4.79 Å². The largest absolute Gasteiger partial charge is 0.481 e. The molecule has 0 radical (unpaired) electrons. The van der Waals surface area contributed by atoms with Gasteiger partial charge in [0.05, 0.1) is 6.54 Å². The predicted octanol–water partition coefficient (Wildman–Crippen LogP) is 3.88. The Morgan fingerprint density at radius 1 is 1.29 bits per heavy atom. The molecule has 1 saturated heterocycles. The third-order valence-electron chi connectivity index (χ3n) is 6.34. The fourth-order valence-electron chi connectivity index (χ4n) is 4.20. The molecule has 31 heavy (non-hydrogen) atoms. The number of carbonyl (C=O) groups is 1. The van der Waals surface area contributed by atoms with Gasteiger partial charge in [0.25, 0.3) is 5.91 Å². The highest BCUT2D eigenvalue weighted by atomic mass is 16.5. The van der Waals surface area contributed by atoms with Crippen LogP contribution in [0.2, 0.25) is 0 Å². The molecule has 0 bridgehead atoms. The molecule has 0 spiro atoms. The van der Waals surface area contributed by atoms with Gasteiger partial charge in [0.1, 0.15) is 5.75 Å². The molecule has 1 aromatic carbocycles. The SMILES string of the molecule is Cc1ccc(C(C)C)c(OC(C)C(=O)N2CCC(N(C)Cc3noc(C4CC4)n3)C2)c1. The van der Waals surface area contributed by atoms with Gasteiger partial charge in [-0.05, 0) is 63.3 Å². The van der Waals surface area contributed by atoms with Gasteiger partial charge in [-0.15, -0.1) is 0 Å². The number of aromatic nitrogens is 2. The number of rotatable bonds is 8. The first-order valence-corrected chi connectivity index (χ1v) is 11.4. The molecule has 2 aliphatic rings. The molecule has 1 amide bonds. The first-order chi connectivity index (χ1) is 14.8. The molecule has 2 unspecified atom stereocenters. The van der Waals surface area contributed by atoms with Gasteiger partial charge in [-0.1, -0.05) is 31.1 Å². The first-order valence-electron chi connectivity index (χ1n) is 11.4. The lowest BCUT2D eigenvalue weighted by molar-refractivity contribution is -0.137. The van der Waals surface area contributed by atoms with Crippen LogP contribution < -0.4 is 4.74 Å². The average molecular weight is 427 g/mol. The normalized spacial score (nSPS) is 20.0. The Morgan fingerprint density at radius 2 is 2.06 bits per heavy atom. The minimum atomic E-state index is -0.512. The Morgan fingerprint density at radius 3 is 2.77 bits per heavy atom. The number of ether oxygens (including phenoxy) is 1. The van der Waals surface area contributed by atoms with E-state index in [0.717, 1.165) is 54.4 Å². The van der Waals surface area contributed by atoms with Crippen molar-refractivity contribution in [1.82, 2.24) is 19.9 Å². The predicted molar refractivity (Wildman–Crippen MR) is 118 cm³/mol. The van der Waals surface area contributed by atoms with Gasteiger partial charge in [-0.2, -0.15) is 4.98 Å². The van der Waals surface area contributed by atoms with Crippen molar-refractivity contribution in [2.45, 2.75) is 77.5 Å². The second kappa shape index (κ2) is 8.99. The van der Waals surface area contributed by atoms with Crippen molar-refractivity contribution >= 4 is 5.91 Å². The summed E-state index contributed by atoms with van der Waals surface area (Å²) in [5.41, 5.74) is 2.27. The van der Waals surface area contributed by atoms with E-state index in [4.69, 9.17) is 9.26 Å². The van der Waals surface area contributed by atoms with E-state index in [0.29, 0.717) is 24.9 Å². The summed E-state index contributed by atoms with van der Waals surface area (Å²) in [6.45, 7) is 10.2. The number of benzene rings is 1. The molecular formula is C24H34N4O3. The summed E-state index contributed by atoms with van der Waals surface area (Å²) in [5, 5.41) is 4.12. The number of carbonyl (C=O) groups excluding carboxylic acids is 1. The molecule has 7 heteroatoms. The Labute approximate surface area is 184 Å². The summed E-state index contributed by atoms with van der Waals surface area (Å²) < 4.78 is 11.5. The van der Waals surface area contributed by atoms with E-state index in [1.165, 1.54) is 0 Å². The summed E-state index contributed by atoms with van der Waals surface area (Å²) in [4.78, 5) is 21.7. The van der Waals surface area contributed by atoms with Crippen LogP contribution in [0.3, 0.4) is 0 Å². The third kappa shape index (κ3) is 5.09. The monoisotopic (exact) mass is 426 g/mol. The van der Waals surface area contributed by atoms with Gasteiger partial charge in [0.15, 0.2) is 11.9 Å². The second-order valence-corrected chi connectivity index (χ2v) is 9.42. The van der Waals surface area contributed by atoms with Crippen LogP contribution in [-0.2, 0) is 11.3 Å². The van der Waals surface area contributed by atoms with Gasteiger partial charge in [-0.3, -0.25) is 9.69 Å². The van der Waals surface area contributed by atoms with Gasteiger partial charge in [0.2, 0.25) is 5.89 Å². The molecule has 7 nitrogen and oxygen atoms in total. The minimum Gasteiger partial charge on any atom is -0.481 e. The molecule has 2 aromatic rings. The fraction of sp³-hybridized carbons (Fsp3) is 0.625. The Hall–Kier alpha value is -2.41. The molecule has 2 heterocycles. The maximum atomic E-state index is 13.1. The average Bonchev–Trinajstić information content (AvgIpc) is 3.26. The first kappa shape index (κ1) is 21.8. The fourth-order valence-corrected chi connectivity index (χ4v) is 4.20. The zero-order valence-electron chi connectivity index (χ0n) is 19.3. The number of nitrogens with zero attached hydrogens (tertiary/aromatic N) is 4. The van der Waals surface area contributed by atoms with Crippen LogP contribution in [-0.4, -0.2) is 58.1 Å². The minimum absolute atomic E-state index is 0.0442. The molecule has 2 fully saturated rings. The van der Waals surface area contributed by atoms with Crippen LogP contribution in [0.4, 0.5) is 0 Å². The lowest BCUT2D eigenvalue weighted by Gasteiger charge is -2.25. The van der Waals surface area contributed by atoms with Crippen molar-refractivity contribution in [1.29, 1.82) is 0 Å². The summed E-state index contributed by atoms with van der Waals surface area (Å²) in [6, 6.07) is 6.50. The van der Waals surface area contributed by atoms with E-state index >= 15 is 0 Å². The molecule has 4 rings (SSSR count). The molecule has 168 valence electrons. The quantitative estimate of drug-likeness (QED) is 0.638. The van der Waals surface area contributed by atoms with Crippen LogP contribution in [0.15, 0.2) is 22.7 Å². The van der Waals surface area contributed by atoms with Crippen LogP contribution in [0.1, 0.15) is 74.7 Å². The smallest absolute Gasteiger partial charge is 0.263 e. The molecule has 1 aliphatic carbocycles. The standard InChI is InChI=1S/C24H34N4O3/c1-15(2)20-9-6-16(3)12-21(20)30-17(4)24(29)28-11-10-19(13-28)27(5)14-22-25-23(31-26-22)18-7-8-18/h6,9,12,15,17-19H,7-8,10-11,13-14H2,1-5H3. The van der Waals surface area contributed by atoms with Crippen LogP contribution in [0, 0.1) is 6.92 Å². The maximum Gasteiger partial charge on any atom is 0.263 e. The van der Waals surface area contributed by atoms with Crippen molar-refractivity contribution in [2.24, 2.45) is 0 Å². The third-order valence-corrected chi connectivity index (χ3v) is 6.34. The molecule has 2 atom stereocenters. The van der Waals surface area contributed by atoms with Crippen molar-refractivity contribution in [2.75, 3.05) is 20.1 Å². The zero-order chi connectivity index (χ0) is 22.1. The van der Waals surface area contributed by atoms with Gasteiger partial charge >= 0.3 is 0 Å². The molecule has 1 aromatic heterocycles. The molecular weight excluding hydrogens is 392 g/mol. The van der Waals surface area contributed by atoms with Crippen LogP contribution in [0.5, 0.6) is 5.75 Å². The zero-order valence-corrected chi connectivity index (χ0v) is 19.3. The lowest BCUT2D eigenvalue weighted by Crippen LogP contribution is -2.41. The molecule has 0 N–H and O–H groups in total. The number of likely N-dealkylation sites (tertiary alicyclic amines) is 1. The van der Waals surface area contributed by atoms with E-state index in [1.807, 2.05) is 24.8 Å². The van der Waals surface area contributed by atoms with Crippen LogP contribution in [0.25, 0.3) is 0 Å². The summed E-state index contributed by atoms with van der Waals surface area (Å²) in [6.07, 6.45) is 2.73. The van der Waals surface area contributed by atoms with Gasteiger partial charge in [0, 0.05) is 25.0 Å². The van der Waals surface area contributed by atoms with E-state index in [-0.39, 0.29) is 11.9 Å². The number of hydrogen-bond donors (Lipinski definition) is 0. The van der Waals surface area contributed by atoms with Crippen LogP contribution >= 0.6 is 0 Å². The van der Waals surface area contributed by atoms with Gasteiger partial charge in [-0.25, -0.2) is 0 Å². The lowest BCUT2D eigenvalue weighted by atomic mass is 10.0. The topological polar surface area (TPSA) is 71.7 Å². The highest BCUT2D eigenvalue weighted by Crippen LogP contribution is 2.38. The van der Waals surface area contributed by atoms with E-state index in [1.54, 1.807) is 0 Å². The molecule has 1 aliphatic heterocycles. The Balaban J connectivity index is 1.32. The number of hydrogen-bond acceptors (Lipinski definition) is 6. The number of aryl methyl sites for hydroxylation is 1. The highest BCUT2D eigenvalue weighted by molar-refractivity contribution is 5.81. The van der Waals surface area contributed by atoms with Crippen molar-refractivity contribution in [3.8, 4) is 5.75 Å². The highest BCUT2D eigenvalue weighted by Gasteiger charge is 2.33. The van der Waals surface area contributed by atoms with Crippen molar-refractivity contribution < 1.29 is 14.1 Å². The Bertz CT molecular complexity index is 921. The number of likely N-dealkylation sites (N-methyl/N-ethyl adjacent to an activating group) is 1. The summed E-state index contributed by atoms with van der Waals surface area (Å²) in [5.74, 6) is 3.17. The van der Waals surface area contributed by atoms with Crippen molar-refractivity contribution in [3.63, 3.8) is 0 Å². The maximum absolute atomic E-state index is 13.1. The van der Waals surface area contributed by atoms with Crippen molar-refractivity contribution in [3.05, 3.63) is 41.0 Å².